The summed E-state index contributed by atoms with van der Waals surface area (Å²) in [5, 5.41) is 6.51. The molecular formula is C25H30ClN3O3. The Morgan fingerprint density at radius 2 is 1.62 bits per heavy atom. The van der Waals surface area contributed by atoms with Gasteiger partial charge in [-0.05, 0) is 55.5 Å². The molecule has 0 aliphatic carbocycles. The van der Waals surface area contributed by atoms with Crippen LogP contribution < -0.4 is 10.6 Å². The van der Waals surface area contributed by atoms with Crippen LogP contribution >= 0.6 is 11.6 Å². The van der Waals surface area contributed by atoms with Crippen molar-refractivity contribution >= 4 is 29.3 Å². The number of hydrogen-bond acceptors (Lipinski definition) is 3. The fourth-order valence-electron chi connectivity index (χ4n) is 3.78. The molecule has 6 nitrogen and oxygen atoms in total. The zero-order valence-electron chi connectivity index (χ0n) is 18.2. The maximum absolute atomic E-state index is 12.4. The van der Waals surface area contributed by atoms with Gasteiger partial charge in [-0.25, -0.2) is 0 Å². The van der Waals surface area contributed by atoms with Gasteiger partial charge in [-0.1, -0.05) is 41.9 Å². The molecule has 1 saturated heterocycles. The standard InChI is InChI=1S/C25H30ClN3O3/c26-21-11-9-20(10-12-21)25(32)27-16-4-7-24(31)29-17-14-22(15-18-29)28-23(30)13-8-19-5-2-1-3-6-19/h1-3,5-6,9-12,22H,4,7-8,13-18H2,(H,27,32)(H,28,30). The molecule has 7 heteroatoms. The molecule has 3 amide bonds. The van der Waals surface area contributed by atoms with Crippen LogP contribution in [0.3, 0.4) is 0 Å². The number of rotatable bonds is 9. The smallest absolute Gasteiger partial charge is 0.251 e. The molecule has 0 radical (unpaired) electrons. The van der Waals surface area contributed by atoms with E-state index in [1.807, 2.05) is 35.2 Å². The summed E-state index contributed by atoms with van der Waals surface area (Å²) < 4.78 is 0. The van der Waals surface area contributed by atoms with Gasteiger partial charge >= 0.3 is 0 Å². The van der Waals surface area contributed by atoms with Crippen LogP contribution in [-0.4, -0.2) is 48.3 Å². The first-order chi connectivity index (χ1) is 15.5. The number of piperidine rings is 1. The van der Waals surface area contributed by atoms with Crippen LogP contribution in [0.4, 0.5) is 0 Å². The van der Waals surface area contributed by atoms with Crippen molar-refractivity contribution in [2.24, 2.45) is 0 Å². The second kappa shape index (κ2) is 12.2. The maximum Gasteiger partial charge on any atom is 0.251 e. The first kappa shape index (κ1) is 23.8. The van der Waals surface area contributed by atoms with Gasteiger partial charge in [0.1, 0.15) is 0 Å². The predicted molar refractivity (Wildman–Crippen MR) is 126 cm³/mol. The molecule has 0 saturated carbocycles. The van der Waals surface area contributed by atoms with Gasteiger partial charge in [-0.15, -0.1) is 0 Å². The van der Waals surface area contributed by atoms with Crippen molar-refractivity contribution in [3.05, 3.63) is 70.7 Å². The van der Waals surface area contributed by atoms with E-state index in [0.29, 0.717) is 49.5 Å². The lowest BCUT2D eigenvalue weighted by Gasteiger charge is -2.32. The average Bonchev–Trinajstić information content (AvgIpc) is 2.82. The first-order valence-corrected chi connectivity index (χ1v) is 11.5. The van der Waals surface area contributed by atoms with Gasteiger partial charge in [-0.2, -0.15) is 0 Å². The van der Waals surface area contributed by atoms with Crippen LogP contribution in [0.2, 0.25) is 5.02 Å². The van der Waals surface area contributed by atoms with E-state index < -0.39 is 0 Å². The van der Waals surface area contributed by atoms with E-state index in [4.69, 9.17) is 11.6 Å². The molecule has 2 N–H and O–H groups in total. The van der Waals surface area contributed by atoms with Gasteiger partial charge in [0.25, 0.3) is 5.91 Å². The third-order valence-electron chi connectivity index (χ3n) is 5.66. The van der Waals surface area contributed by atoms with E-state index >= 15 is 0 Å². The highest BCUT2D eigenvalue weighted by Gasteiger charge is 2.23. The monoisotopic (exact) mass is 455 g/mol. The highest BCUT2D eigenvalue weighted by molar-refractivity contribution is 6.30. The van der Waals surface area contributed by atoms with Crippen molar-refractivity contribution in [3.63, 3.8) is 0 Å². The summed E-state index contributed by atoms with van der Waals surface area (Å²) in [5.74, 6) is -0.00686. The van der Waals surface area contributed by atoms with Crippen LogP contribution in [0, 0.1) is 0 Å². The van der Waals surface area contributed by atoms with Crippen molar-refractivity contribution in [2.45, 2.75) is 44.6 Å². The van der Waals surface area contributed by atoms with Gasteiger partial charge in [-0.3, -0.25) is 14.4 Å². The highest BCUT2D eigenvalue weighted by atomic mass is 35.5. The molecule has 32 heavy (non-hydrogen) atoms. The summed E-state index contributed by atoms with van der Waals surface area (Å²) in [6, 6.07) is 16.8. The second-order valence-electron chi connectivity index (χ2n) is 8.07. The Balaban J connectivity index is 1.28. The summed E-state index contributed by atoms with van der Waals surface area (Å²) in [6.45, 7) is 1.75. The Bertz CT molecular complexity index is 894. The van der Waals surface area contributed by atoms with Crippen LogP contribution in [0.15, 0.2) is 54.6 Å². The molecule has 2 aromatic carbocycles. The van der Waals surface area contributed by atoms with E-state index in [1.54, 1.807) is 24.3 Å². The molecule has 1 aliphatic heterocycles. The molecule has 2 aromatic rings. The molecule has 1 fully saturated rings. The number of carbonyl (C=O) groups excluding carboxylic acids is 3. The number of benzene rings is 2. The van der Waals surface area contributed by atoms with Gasteiger partial charge in [0.15, 0.2) is 0 Å². The number of carbonyl (C=O) groups is 3. The number of aryl methyl sites for hydroxylation is 1. The molecule has 170 valence electrons. The second-order valence-corrected chi connectivity index (χ2v) is 8.51. The Hall–Kier alpha value is -2.86. The van der Waals surface area contributed by atoms with Crippen LogP contribution in [0.5, 0.6) is 0 Å². The minimum atomic E-state index is -0.169. The Labute approximate surface area is 194 Å². The molecular weight excluding hydrogens is 426 g/mol. The topological polar surface area (TPSA) is 78.5 Å². The van der Waals surface area contributed by atoms with E-state index in [1.165, 1.54) is 0 Å². The summed E-state index contributed by atoms with van der Waals surface area (Å²) in [7, 11) is 0. The number of likely N-dealkylation sites (tertiary alicyclic amines) is 1. The van der Waals surface area contributed by atoms with Gasteiger partial charge in [0, 0.05) is 49.1 Å². The minimum absolute atomic E-state index is 0.0649. The van der Waals surface area contributed by atoms with Gasteiger partial charge < -0.3 is 15.5 Å². The number of nitrogens with one attached hydrogen (secondary N) is 2. The Morgan fingerprint density at radius 3 is 2.31 bits per heavy atom. The van der Waals surface area contributed by atoms with Crippen molar-refractivity contribution in [1.29, 1.82) is 0 Å². The lowest BCUT2D eigenvalue weighted by molar-refractivity contribution is -0.132. The summed E-state index contributed by atoms with van der Waals surface area (Å²) in [6.07, 6.45) is 3.75. The Morgan fingerprint density at radius 1 is 0.938 bits per heavy atom. The minimum Gasteiger partial charge on any atom is -0.353 e. The van der Waals surface area contributed by atoms with Crippen molar-refractivity contribution < 1.29 is 14.4 Å². The number of halogens is 1. The Kier molecular flexibility index (Phi) is 9.11. The highest BCUT2D eigenvalue weighted by Crippen LogP contribution is 2.13. The predicted octanol–water partition coefficient (Wildman–Crippen LogP) is 3.59. The first-order valence-electron chi connectivity index (χ1n) is 11.2. The molecule has 1 heterocycles. The molecule has 0 aromatic heterocycles. The van der Waals surface area contributed by atoms with E-state index in [9.17, 15) is 14.4 Å². The lowest BCUT2D eigenvalue weighted by Crippen LogP contribution is -2.46. The molecule has 3 rings (SSSR count). The molecule has 0 unspecified atom stereocenters. The third-order valence-corrected chi connectivity index (χ3v) is 5.91. The van der Waals surface area contributed by atoms with E-state index in [2.05, 4.69) is 10.6 Å². The quantitative estimate of drug-likeness (QED) is 0.567. The number of amides is 3. The van der Waals surface area contributed by atoms with Crippen molar-refractivity contribution in [2.75, 3.05) is 19.6 Å². The third kappa shape index (κ3) is 7.68. The van der Waals surface area contributed by atoms with E-state index in [-0.39, 0.29) is 23.8 Å². The van der Waals surface area contributed by atoms with Crippen LogP contribution in [0.25, 0.3) is 0 Å². The summed E-state index contributed by atoms with van der Waals surface area (Å²) in [5.41, 5.74) is 1.71. The van der Waals surface area contributed by atoms with Crippen molar-refractivity contribution in [3.8, 4) is 0 Å². The fraction of sp³-hybridized carbons (Fsp3) is 0.400. The zero-order chi connectivity index (χ0) is 22.8. The largest absolute Gasteiger partial charge is 0.353 e. The average molecular weight is 456 g/mol. The SMILES string of the molecule is O=C(CCc1ccccc1)NC1CCN(C(=O)CCCNC(=O)c2ccc(Cl)cc2)CC1. The molecule has 0 atom stereocenters. The summed E-state index contributed by atoms with van der Waals surface area (Å²) >= 11 is 5.83. The number of hydrogen-bond donors (Lipinski definition) is 2. The molecule has 0 bridgehead atoms. The van der Waals surface area contributed by atoms with Crippen LogP contribution in [0.1, 0.15) is 48.0 Å². The molecule has 0 spiro atoms. The fourth-order valence-corrected chi connectivity index (χ4v) is 3.90. The molecule has 1 aliphatic rings. The normalized spacial score (nSPS) is 14.1. The van der Waals surface area contributed by atoms with Gasteiger partial charge in [0.05, 0.1) is 0 Å². The number of nitrogens with zero attached hydrogens (tertiary/aromatic N) is 1. The lowest BCUT2D eigenvalue weighted by atomic mass is 10.0. The zero-order valence-corrected chi connectivity index (χ0v) is 18.9. The van der Waals surface area contributed by atoms with Crippen molar-refractivity contribution in [1.82, 2.24) is 15.5 Å². The van der Waals surface area contributed by atoms with Gasteiger partial charge in [0.2, 0.25) is 11.8 Å². The summed E-state index contributed by atoms with van der Waals surface area (Å²) in [4.78, 5) is 38.6. The van der Waals surface area contributed by atoms with Crippen LogP contribution in [-0.2, 0) is 16.0 Å². The van der Waals surface area contributed by atoms with E-state index in [0.717, 1.165) is 24.8 Å². The maximum atomic E-state index is 12.4.